The van der Waals surface area contributed by atoms with Gasteiger partial charge in [-0.15, -0.1) is 0 Å². The van der Waals surface area contributed by atoms with Crippen molar-refractivity contribution in [2.45, 2.75) is 52.7 Å². The first-order chi connectivity index (χ1) is 9.58. The summed E-state index contributed by atoms with van der Waals surface area (Å²) in [5.41, 5.74) is 1.27. The molecule has 0 amide bonds. The van der Waals surface area contributed by atoms with Gasteiger partial charge in [-0.2, -0.15) is 0 Å². The fourth-order valence-corrected chi connectivity index (χ4v) is 3.57. The zero-order chi connectivity index (χ0) is 14.5. The standard InChI is InChI=1S/C17H26BrNO/c1-4-19-11-14-10-15(5-6-17(14)18)20-16-8-12(2)7-13(3)9-16/h5-6,10,12-13,16,19H,4,7-9,11H2,1-3H3. The maximum Gasteiger partial charge on any atom is 0.120 e. The quantitative estimate of drug-likeness (QED) is 0.834. The predicted molar refractivity (Wildman–Crippen MR) is 88.1 cm³/mol. The summed E-state index contributed by atoms with van der Waals surface area (Å²) in [6, 6.07) is 6.33. The van der Waals surface area contributed by atoms with Crippen molar-refractivity contribution in [2.24, 2.45) is 11.8 Å². The Bertz CT molecular complexity index is 425. The molecule has 1 fully saturated rings. The fourth-order valence-electron chi connectivity index (χ4n) is 3.18. The highest BCUT2D eigenvalue weighted by Gasteiger charge is 2.25. The lowest BCUT2D eigenvalue weighted by molar-refractivity contribution is 0.101. The molecular formula is C17H26BrNO. The number of ether oxygens (including phenoxy) is 1. The molecule has 2 atom stereocenters. The molecule has 20 heavy (non-hydrogen) atoms. The molecule has 1 aliphatic carbocycles. The summed E-state index contributed by atoms with van der Waals surface area (Å²) in [5, 5.41) is 3.36. The Morgan fingerprint density at radius 1 is 1.20 bits per heavy atom. The summed E-state index contributed by atoms with van der Waals surface area (Å²) in [6.07, 6.45) is 4.08. The van der Waals surface area contributed by atoms with Crippen LogP contribution in [-0.4, -0.2) is 12.6 Å². The van der Waals surface area contributed by atoms with E-state index in [1.54, 1.807) is 0 Å². The van der Waals surface area contributed by atoms with Crippen molar-refractivity contribution in [3.63, 3.8) is 0 Å². The molecule has 0 saturated heterocycles. The van der Waals surface area contributed by atoms with E-state index in [0.29, 0.717) is 6.10 Å². The lowest BCUT2D eigenvalue weighted by Gasteiger charge is -2.31. The van der Waals surface area contributed by atoms with Gasteiger partial charge in [-0.05, 0) is 61.4 Å². The first kappa shape index (κ1) is 15.8. The number of nitrogens with one attached hydrogen (secondary N) is 1. The van der Waals surface area contributed by atoms with Gasteiger partial charge in [-0.3, -0.25) is 0 Å². The molecule has 112 valence electrons. The minimum atomic E-state index is 0.377. The van der Waals surface area contributed by atoms with E-state index in [-0.39, 0.29) is 0 Å². The molecule has 1 aromatic carbocycles. The monoisotopic (exact) mass is 339 g/mol. The highest BCUT2D eigenvalue weighted by molar-refractivity contribution is 9.10. The molecule has 0 bridgehead atoms. The van der Waals surface area contributed by atoms with Crippen molar-refractivity contribution in [2.75, 3.05) is 6.54 Å². The first-order valence-corrected chi connectivity index (χ1v) is 8.53. The van der Waals surface area contributed by atoms with Crippen molar-refractivity contribution in [1.29, 1.82) is 0 Å². The largest absolute Gasteiger partial charge is 0.490 e. The summed E-state index contributed by atoms with van der Waals surface area (Å²) in [6.45, 7) is 8.66. The van der Waals surface area contributed by atoms with E-state index in [9.17, 15) is 0 Å². The molecular weight excluding hydrogens is 314 g/mol. The minimum absolute atomic E-state index is 0.377. The highest BCUT2D eigenvalue weighted by Crippen LogP contribution is 2.32. The van der Waals surface area contributed by atoms with E-state index < -0.39 is 0 Å². The number of rotatable bonds is 5. The van der Waals surface area contributed by atoms with Crippen LogP contribution in [0.4, 0.5) is 0 Å². The van der Waals surface area contributed by atoms with Gasteiger partial charge in [-0.25, -0.2) is 0 Å². The Kier molecular flexibility index (Phi) is 5.91. The second kappa shape index (κ2) is 7.46. The van der Waals surface area contributed by atoms with E-state index in [1.165, 1.54) is 24.8 Å². The second-order valence-electron chi connectivity index (χ2n) is 6.19. The summed E-state index contributed by atoms with van der Waals surface area (Å²) in [7, 11) is 0. The lowest BCUT2D eigenvalue weighted by Crippen LogP contribution is -2.28. The summed E-state index contributed by atoms with van der Waals surface area (Å²) in [4.78, 5) is 0. The Balaban J connectivity index is 2.01. The van der Waals surface area contributed by atoms with Crippen LogP contribution < -0.4 is 10.1 Å². The Morgan fingerprint density at radius 3 is 2.55 bits per heavy atom. The molecule has 1 aliphatic rings. The van der Waals surface area contributed by atoms with Gasteiger partial charge in [0.05, 0.1) is 6.10 Å². The maximum absolute atomic E-state index is 6.22. The van der Waals surface area contributed by atoms with Gasteiger partial charge in [0.2, 0.25) is 0 Å². The number of hydrogen-bond donors (Lipinski definition) is 1. The van der Waals surface area contributed by atoms with Crippen molar-refractivity contribution >= 4 is 15.9 Å². The van der Waals surface area contributed by atoms with Crippen LogP contribution in [0.15, 0.2) is 22.7 Å². The molecule has 2 rings (SSSR count). The molecule has 1 N–H and O–H groups in total. The third-order valence-electron chi connectivity index (χ3n) is 4.02. The minimum Gasteiger partial charge on any atom is -0.490 e. The molecule has 1 saturated carbocycles. The van der Waals surface area contributed by atoms with Crippen LogP contribution in [0.5, 0.6) is 5.75 Å². The fraction of sp³-hybridized carbons (Fsp3) is 0.647. The van der Waals surface area contributed by atoms with E-state index in [1.807, 2.05) is 0 Å². The SMILES string of the molecule is CCNCc1cc(OC2CC(C)CC(C)C2)ccc1Br. The summed E-state index contributed by atoms with van der Waals surface area (Å²) < 4.78 is 7.37. The lowest BCUT2D eigenvalue weighted by atomic mass is 9.82. The van der Waals surface area contributed by atoms with Crippen molar-refractivity contribution < 1.29 is 4.74 Å². The van der Waals surface area contributed by atoms with E-state index >= 15 is 0 Å². The smallest absolute Gasteiger partial charge is 0.120 e. The average molecular weight is 340 g/mol. The zero-order valence-corrected chi connectivity index (χ0v) is 14.4. The van der Waals surface area contributed by atoms with Crippen LogP contribution >= 0.6 is 15.9 Å². The van der Waals surface area contributed by atoms with Gasteiger partial charge in [-0.1, -0.05) is 36.7 Å². The van der Waals surface area contributed by atoms with Crippen molar-refractivity contribution in [1.82, 2.24) is 5.32 Å². The molecule has 1 aromatic rings. The molecule has 0 aliphatic heterocycles. The average Bonchev–Trinajstić information content (AvgIpc) is 2.38. The molecule has 0 radical (unpaired) electrons. The molecule has 3 heteroatoms. The van der Waals surface area contributed by atoms with Crippen LogP contribution in [0.25, 0.3) is 0 Å². The van der Waals surface area contributed by atoms with E-state index in [4.69, 9.17) is 4.74 Å². The van der Waals surface area contributed by atoms with Crippen molar-refractivity contribution in [3.05, 3.63) is 28.2 Å². The summed E-state index contributed by atoms with van der Waals surface area (Å²) in [5.74, 6) is 2.56. The van der Waals surface area contributed by atoms with E-state index in [0.717, 1.165) is 35.1 Å². The number of benzene rings is 1. The van der Waals surface area contributed by atoms with Gasteiger partial charge in [0.1, 0.15) is 5.75 Å². The number of hydrogen-bond acceptors (Lipinski definition) is 2. The van der Waals surface area contributed by atoms with E-state index in [2.05, 4.69) is 60.2 Å². The number of halogens is 1. The predicted octanol–water partition coefficient (Wildman–Crippen LogP) is 4.76. The Labute approximate surface area is 131 Å². The topological polar surface area (TPSA) is 21.3 Å². The second-order valence-corrected chi connectivity index (χ2v) is 7.05. The third-order valence-corrected chi connectivity index (χ3v) is 4.79. The Morgan fingerprint density at radius 2 is 1.90 bits per heavy atom. The highest BCUT2D eigenvalue weighted by atomic mass is 79.9. The molecule has 0 spiro atoms. The normalized spacial score (nSPS) is 26.5. The van der Waals surface area contributed by atoms with Crippen LogP contribution in [0.1, 0.15) is 45.6 Å². The van der Waals surface area contributed by atoms with Gasteiger partial charge in [0, 0.05) is 11.0 Å². The van der Waals surface area contributed by atoms with Gasteiger partial charge < -0.3 is 10.1 Å². The molecule has 0 heterocycles. The molecule has 2 unspecified atom stereocenters. The van der Waals surface area contributed by atoms with Crippen LogP contribution in [0, 0.1) is 11.8 Å². The Hall–Kier alpha value is -0.540. The van der Waals surface area contributed by atoms with Crippen LogP contribution in [0.3, 0.4) is 0 Å². The molecule has 2 nitrogen and oxygen atoms in total. The first-order valence-electron chi connectivity index (χ1n) is 7.74. The zero-order valence-electron chi connectivity index (χ0n) is 12.8. The van der Waals surface area contributed by atoms with Crippen molar-refractivity contribution in [3.8, 4) is 5.75 Å². The maximum atomic E-state index is 6.22. The van der Waals surface area contributed by atoms with Gasteiger partial charge in [0.25, 0.3) is 0 Å². The molecule has 0 aromatic heterocycles. The third kappa shape index (κ3) is 4.49. The summed E-state index contributed by atoms with van der Waals surface area (Å²) >= 11 is 3.61. The van der Waals surface area contributed by atoms with Gasteiger partial charge >= 0.3 is 0 Å². The van der Waals surface area contributed by atoms with Gasteiger partial charge in [0.15, 0.2) is 0 Å². The van der Waals surface area contributed by atoms with Crippen LogP contribution in [0.2, 0.25) is 0 Å². The van der Waals surface area contributed by atoms with Crippen LogP contribution in [-0.2, 0) is 6.54 Å².